The van der Waals surface area contributed by atoms with Crippen LogP contribution in [0, 0.1) is 5.92 Å². The van der Waals surface area contributed by atoms with Gasteiger partial charge in [0, 0.05) is 13.1 Å². The molecule has 2 N–H and O–H groups in total. The minimum Gasteiger partial charge on any atom is -0.395 e. The van der Waals surface area contributed by atoms with Gasteiger partial charge in [-0.25, -0.2) is 12.7 Å². The first-order valence-corrected chi connectivity index (χ1v) is 6.35. The summed E-state index contributed by atoms with van der Waals surface area (Å²) >= 11 is 0. The second-order valence-electron chi connectivity index (χ2n) is 3.69. The minimum absolute atomic E-state index is 0.0310. The van der Waals surface area contributed by atoms with Crippen LogP contribution in [0.25, 0.3) is 0 Å². The normalized spacial score (nSPS) is 26.6. The van der Waals surface area contributed by atoms with Crippen molar-refractivity contribution in [2.24, 2.45) is 5.92 Å². The Labute approximate surface area is 84.4 Å². The summed E-state index contributed by atoms with van der Waals surface area (Å²) in [5, 5.41) is 17.9. The van der Waals surface area contributed by atoms with E-state index >= 15 is 0 Å². The lowest BCUT2D eigenvalue weighted by Crippen LogP contribution is -2.33. The molecule has 1 fully saturated rings. The van der Waals surface area contributed by atoms with Crippen LogP contribution < -0.4 is 0 Å². The number of hydrogen-bond donors (Lipinski definition) is 2. The second kappa shape index (κ2) is 4.57. The summed E-state index contributed by atoms with van der Waals surface area (Å²) in [5.74, 6) is -0.192. The van der Waals surface area contributed by atoms with Crippen molar-refractivity contribution < 1.29 is 18.6 Å². The molecule has 0 amide bonds. The van der Waals surface area contributed by atoms with Crippen LogP contribution in [0.3, 0.4) is 0 Å². The minimum atomic E-state index is -3.30. The Morgan fingerprint density at radius 1 is 1.57 bits per heavy atom. The Balaban J connectivity index is 2.58. The molecule has 1 saturated heterocycles. The van der Waals surface area contributed by atoms with Crippen LogP contribution in [0.4, 0.5) is 0 Å². The number of rotatable bonds is 4. The number of sulfonamides is 1. The van der Waals surface area contributed by atoms with E-state index in [-0.39, 0.29) is 18.3 Å². The van der Waals surface area contributed by atoms with E-state index in [4.69, 9.17) is 5.11 Å². The van der Waals surface area contributed by atoms with Crippen molar-refractivity contribution in [2.75, 3.05) is 25.4 Å². The molecule has 1 aliphatic heterocycles. The average Bonchev–Trinajstić information content (AvgIpc) is 2.51. The van der Waals surface area contributed by atoms with Gasteiger partial charge in [0.1, 0.15) is 0 Å². The molecule has 0 aliphatic carbocycles. The summed E-state index contributed by atoms with van der Waals surface area (Å²) in [6, 6.07) is 0. The maximum absolute atomic E-state index is 11.5. The first-order chi connectivity index (χ1) is 6.47. The smallest absolute Gasteiger partial charge is 0.216 e. The molecule has 0 bridgehead atoms. The SMILES string of the molecule is CC(O)C1CCN(S(=O)(=O)CCO)C1. The van der Waals surface area contributed by atoms with Crippen LogP contribution in [-0.2, 0) is 10.0 Å². The summed E-state index contributed by atoms with van der Waals surface area (Å²) in [4.78, 5) is 0. The Hall–Kier alpha value is -0.170. The fourth-order valence-electron chi connectivity index (χ4n) is 1.64. The zero-order valence-electron chi connectivity index (χ0n) is 8.26. The van der Waals surface area contributed by atoms with E-state index in [9.17, 15) is 13.5 Å². The molecule has 0 aromatic heterocycles. The van der Waals surface area contributed by atoms with E-state index in [2.05, 4.69) is 0 Å². The van der Waals surface area contributed by atoms with Crippen molar-refractivity contribution in [2.45, 2.75) is 19.4 Å². The number of nitrogens with zero attached hydrogens (tertiary/aromatic N) is 1. The molecule has 0 radical (unpaired) electrons. The highest BCUT2D eigenvalue weighted by Gasteiger charge is 2.32. The van der Waals surface area contributed by atoms with Crippen molar-refractivity contribution >= 4 is 10.0 Å². The highest BCUT2D eigenvalue weighted by Crippen LogP contribution is 2.22. The molecule has 1 rings (SSSR count). The molecule has 0 saturated carbocycles. The molecule has 5 nitrogen and oxygen atoms in total. The lowest BCUT2D eigenvalue weighted by molar-refractivity contribution is 0.133. The molecule has 1 aliphatic rings. The topological polar surface area (TPSA) is 77.8 Å². The van der Waals surface area contributed by atoms with Gasteiger partial charge in [0.2, 0.25) is 10.0 Å². The lowest BCUT2D eigenvalue weighted by atomic mass is 10.0. The van der Waals surface area contributed by atoms with Gasteiger partial charge in [0.05, 0.1) is 18.5 Å². The molecular weight excluding hydrogens is 206 g/mol. The molecule has 14 heavy (non-hydrogen) atoms. The van der Waals surface area contributed by atoms with Crippen molar-refractivity contribution in [1.82, 2.24) is 4.31 Å². The lowest BCUT2D eigenvalue weighted by Gasteiger charge is -2.16. The highest BCUT2D eigenvalue weighted by molar-refractivity contribution is 7.89. The maximum Gasteiger partial charge on any atom is 0.216 e. The predicted octanol–water partition coefficient (Wildman–Crippen LogP) is -0.989. The van der Waals surface area contributed by atoms with Gasteiger partial charge in [-0.15, -0.1) is 0 Å². The van der Waals surface area contributed by atoms with Gasteiger partial charge >= 0.3 is 0 Å². The zero-order valence-corrected chi connectivity index (χ0v) is 9.07. The van der Waals surface area contributed by atoms with Gasteiger partial charge < -0.3 is 10.2 Å². The van der Waals surface area contributed by atoms with Gasteiger partial charge in [0.25, 0.3) is 0 Å². The van der Waals surface area contributed by atoms with E-state index in [0.717, 1.165) is 0 Å². The standard InChI is InChI=1S/C8H17NO4S/c1-7(11)8-2-3-9(6-8)14(12,13)5-4-10/h7-8,10-11H,2-6H2,1H3. The molecule has 6 heteroatoms. The van der Waals surface area contributed by atoms with Crippen LogP contribution in [-0.4, -0.2) is 54.5 Å². The van der Waals surface area contributed by atoms with E-state index in [1.165, 1.54) is 4.31 Å². The molecule has 0 spiro atoms. The van der Waals surface area contributed by atoms with E-state index in [1.807, 2.05) is 0 Å². The Morgan fingerprint density at radius 2 is 2.21 bits per heavy atom. The molecule has 84 valence electrons. The van der Waals surface area contributed by atoms with Crippen LogP contribution in [0.2, 0.25) is 0 Å². The predicted molar refractivity (Wildman–Crippen MR) is 52.2 cm³/mol. The van der Waals surface area contributed by atoms with Crippen LogP contribution in [0.5, 0.6) is 0 Å². The number of hydrogen-bond acceptors (Lipinski definition) is 4. The first-order valence-electron chi connectivity index (χ1n) is 4.74. The van der Waals surface area contributed by atoms with Gasteiger partial charge in [-0.1, -0.05) is 0 Å². The largest absolute Gasteiger partial charge is 0.395 e. The summed E-state index contributed by atoms with van der Waals surface area (Å²) < 4.78 is 24.3. The van der Waals surface area contributed by atoms with Crippen molar-refractivity contribution in [3.05, 3.63) is 0 Å². The third-order valence-electron chi connectivity index (χ3n) is 2.61. The molecule has 2 unspecified atom stereocenters. The van der Waals surface area contributed by atoms with Crippen LogP contribution in [0.15, 0.2) is 0 Å². The summed E-state index contributed by atoms with van der Waals surface area (Å²) in [5.41, 5.74) is 0. The highest BCUT2D eigenvalue weighted by atomic mass is 32.2. The molecule has 0 aromatic carbocycles. The quantitative estimate of drug-likeness (QED) is 0.641. The van der Waals surface area contributed by atoms with E-state index in [0.29, 0.717) is 19.5 Å². The van der Waals surface area contributed by atoms with Gasteiger partial charge in [-0.3, -0.25) is 0 Å². The third kappa shape index (κ3) is 2.66. The fraction of sp³-hybridized carbons (Fsp3) is 1.00. The zero-order chi connectivity index (χ0) is 10.8. The van der Waals surface area contributed by atoms with Crippen molar-refractivity contribution in [3.63, 3.8) is 0 Å². The fourth-order valence-corrected chi connectivity index (χ4v) is 2.94. The van der Waals surface area contributed by atoms with Crippen LogP contribution in [0.1, 0.15) is 13.3 Å². The molecule has 2 atom stereocenters. The van der Waals surface area contributed by atoms with Crippen molar-refractivity contribution in [3.8, 4) is 0 Å². The molecular formula is C8H17NO4S. The summed E-state index contributed by atoms with van der Waals surface area (Å²) in [7, 11) is -3.30. The van der Waals surface area contributed by atoms with Crippen LogP contribution >= 0.6 is 0 Å². The van der Waals surface area contributed by atoms with E-state index in [1.54, 1.807) is 6.92 Å². The second-order valence-corrected chi connectivity index (χ2v) is 5.78. The van der Waals surface area contributed by atoms with Gasteiger partial charge in [-0.05, 0) is 19.3 Å². The van der Waals surface area contributed by atoms with Crippen molar-refractivity contribution in [1.29, 1.82) is 0 Å². The number of aliphatic hydroxyl groups excluding tert-OH is 2. The third-order valence-corrected chi connectivity index (χ3v) is 4.43. The van der Waals surface area contributed by atoms with Gasteiger partial charge in [-0.2, -0.15) is 0 Å². The summed E-state index contributed by atoms with van der Waals surface area (Å²) in [6.45, 7) is 2.16. The molecule has 1 heterocycles. The van der Waals surface area contributed by atoms with E-state index < -0.39 is 16.1 Å². The number of aliphatic hydroxyl groups is 2. The monoisotopic (exact) mass is 223 g/mol. The Kier molecular flexibility index (Phi) is 3.88. The Morgan fingerprint density at radius 3 is 2.64 bits per heavy atom. The Bertz CT molecular complexity index is 275. The average molecular weight is 223 g/mol. The molecule has 0 aromatic rings. The summed E-state index contributed by atoms with van der Waals surface area (Å²) in [6.07, 6.45) is 0.229. The van der Waals surface area contributed by atoms with Gasteiger partial charge in [0.15, 0.2) is 0 Å². The maximum atomic E-state index is 11.5. The first kappa shape index (κ1) is 11.9.